The number of hydrogen-bond acceptors (Lipinski definition) is 4. The Kier molecular flexibility index (Phi) is 4.19. The Balaban J connectivity index is 1.67. The molecule has 2 bridgehead atoms. The summed E-state index contributed by atoms with van der Waals surface area (Å²) in [6, 6.07) is 1.06. The third kappa shape index (κ3) is 3.17. The van der Waals surface area contributed by atoms with Gasteiger partial charge >= 0.3 is 0 Å². The van der Waals surface area contributed by atoms with E-state index in [1.54, 1.807) is 7.11 Å². The summed E-state index contributed by atoms with van der Waals surface area (Å²) in [7, 11) is 1.67. The molecular weight excluding hydrogens is 206 g/mol. The monoisotopic (exact) mass is 229 g/mol. The summed E-state index contributed by atoms with van der Waals surface area (Å²) < 4.78 is 10.3. The molecule has 0 spiro atoms. The van der Waals surface area contributed by atoms with E-state index >= 15 is 0 Å². The van der Waals surface area contributed by atoms with Gasteiger partial charge in [-0.05, 0) is 32.1 Å². The average molecular weight is 229 g/mol. The molecule has 0 aromatic heterocycles. The minimum absolute atomic E-state index is 0.496. The molecule has 2 saturated heterocycles. The fourth-order valence-electron chi connectivity index (χ4n) is 2.94. The van der Waals surface area contributed by atoms with Crippen molar-refractivity contribution < 1.29 is 14.6 Å². The largest absolute Gasteiger partial charge is 0.390 e. The maximum atomic E-state index is 10.5. The van der Waals surface area contributed by atoms with Crippen molar-refractivity contribution >= 4 is 0 Å². The van der Waals surface area contributed by atoms with Crippen LogP contribution in [0.1, 0.15) is 32.1 Å². The minimum atomic E-state index is -0.496. The van der Waals surface area contributed by atoms with Crippen LogP contribution in [0.25, 0.3) is 0 Å². The topological polar surface area (TPSA) is 50.7 Å². The Bertz CT molecular complexity index is 210. The van der Waals surface area contributed by atoms with E-state index in [9.17, 15) is 5.11 Å². The van der Waals surface area contributed by atoms with Gasteiger partial charge in [-0.1, -0.05) is 0 Å². The van der Waals surface area contributed by atoms with Gasteiger partial charge in [0.25, 0.3) is 0 Å². The first kappa shape index (κ1) is 12.3. The van der Waals surface area contributed by atoms with E-state index in [4.69, 9.17) is 9.47 Å². The van der Waals surface area contributed by atoms with E-state index in [1.807, 2.05) is 0 Å². The molecule has 2 rings (SSSR count). The van der Waals surface area contributed by atoms with Crippen LogP contribution in [0.3, 0.4) is 0 Å². The van der Waals surface area contributed by atoms with Gasteiger partial charge in [0.1, 0.15) is 0 Å². The summed E-state index contributed by atoms with van der Waals surface area (Å²) in [5.41, 5.74) is -0.496. The first-order valence-electron chi connectivity index (χ1n) is 6.27. The van der Waals surface area contributed by atoms with Gasteiger partial charge in [0.05, 0.1) is 18.8 Å². The Morgan fingerprint density at radius 2 is 1.88 bits per heavy atom. The van der Waals surface area contributed by atoms with Crippen LogP contribution in [-0.4, -0.2) is 49.7 Å². The Morgan fingerprint density at radius 3 is 2.50 bits per heavy atom. The van der Waals surface area contributed by atoms with Gasteiger partial charge in [-0.25, -0.2) is 0 Å². The summed E-state index contributed by atoms with van der Waals surface area (Å²) >= 11 is 0. The standard InChI is InChI=1S/C12H23NO3/c1-15-6-7-16-5-4-12(14)8-10-2-3-11(9-12)13-10/h10-11,13-14H,2-9H2,1H3. The Hall–Kier alpha value is -0.160. The van der Waals surface area contributed by atoms with Gasteiger partial charge in [0.15, 0.2) is 0 Å². The number of rotatable bonds is 6. The van der Waals surface area contributed by atoms with Crippen molar-refractivity contribution in [2.45, 2.75) is 49.8 Å². The predicted molar refractivity (Wildman–Crippen MR) is 61.4 cm³/mol. The molecule has 0 amide bonds. The lowest BCUT2D eigenvalue weighted by Crippen LogP contribution is -2.48. The number of methoxy groups -OCH3 is 1. The van der Waals surface area contributed by atoms with E-state index < -0.39 is 5.60 Å². The summed E-state index contributed by atoms with van der Waals surface area (Å²) in [6.45, 7) is 1.89. The molecule has 2 aliphatic heterocycles. The maximum Gasteiger partial charge on any atom is 0.0700 e. The van der Waals surface area contributed by atoms with Gasteiger partial charge in [0.2, 0.25) is 0 Å². The molecule has 94 valence electrons. The molecule has 4 nitrogen and oxygen atoms in total. The lowest BCUT2D eigenvalue weighted by Gasteiger charge is -2.37. The van der Waals surface area contributed by atoms with E-state index in [0.717, 1.165) is 19.3 Å². The van der Waals surface area contributed by atoms with E-state index in [0.29, 0.717) is 31.9 Å². The van der Waals surface area contributed by atoms with Crippen LogP contribution in [0.5, 0.6) is 0 Å². The Morgan fingerprint density at radius 1 is 1.19 bits per heavy atom. The molecule has 0 aromatic rings. The molecule has 2 atom stereocenters. The van der Waals surface area contributed by atoms with E-state index in [-0.39, 0.29) is 0 Å². The highest BCUT2D eigenvalue weighted by molar-refractivity contribution is 4.99. The number of nitrogens with one attached hydrogen (secondary N) is 1. The third-order valence-electron chi connectivity index (χ3n) is 3.73. The smallest absolute Gasteiger partial charge is 0.0700 e. The molecule has 2 N–H and O–H groups in total. The van der Waals surface area contributed by atoms with Gasteiger partial charge < -0.3 is 19.9 Å². The zero-order chi connectivity index (χ0) is 11.4. The first-order chi connectivity index (χ1) is 7.72. The van der Waals surface area contributed by atoms with Crippen molar-refractivity contribution in [3.8, 4) is 0 Å². The van der Waals surface area contributed by atoms with Crippen LogP contribution in [-0.2, 0) is 9.47 Å². The summed E-state index contributed by atoms with van der Waals surface area (Å²) in [6.07, 6.45) is 4.97. The second kappa shape index (κ2) is 5.45. The highest BCUT2D eigenvalue weighted by Gasteiger charge is 2.41. The van der Waals surface area contributed by atoms with Gasteiger partial charge in [-0.2, -0.15) is 0 Å². The highest BCUT2D eigenvalue weighted by atomic mass is 16.5. The van der Waals surface area contributed by atoms with E-state index in [1.165, 1.54) is 12.8 Å². The zero-order valence-electron chi connectivity index (χ0n) is 10.1. The fourth-order valence-corrected chi connectivity index (χ4v) is 2.94. The summed E-state index contributed by atoms with van der Waals surface area (Å²) in [4.78, 5) is 0. The number of piperidine rings is 1. The average Bonchev–Trinajstić information content (AvgIpc) is 2.58. The molecular formula is C12H23NO3. The molecule has 4 heteroatoms. The van der Waals surface area contributed by atoms with Crippen molar-refractivity contribution in [3.63, 3.8) is 0 Å². The van der Waals surface area contributed by atoms with Crippen molar-refractivity contribution in [3.05, 3.63) is 0 Å². The van der Waals surface area contributed by atoms with Crippen molar-refractivity contribution in [2.24, 2.45) is 0 Å². The van der Waals surface area contributed by atoms with Crippen molar-refractivity contribution in [2.75, 3.05) is 26.9 Å². The van der Waals surface area contributed by atoms with Gasteiger partial charge in [-0.15, -0.1) is 0 Å². The van der Waals surface area contributed by atoms with Crippen LogP contribution in [0.4, 0.5) is 0 Å². The first-order valence-corrected chi connectivity index (χ1v) is 6.27. The highest BCUT2D eigenvalue weighted by Crippen LogP contribution is 2.35. The number of fused-ring (bicyclic) bond motifs is 2. The zero-order valence-corrected chi connectivity index (χ0v) is 10.1. The molecule has 2 unspecified atom stereocenters. The third-order valence-corrected chi connectivity index (χ3v) is 3.73. The van der Waals surface area contributed by atoms with Gasteiger partial charge in [0, 0.05) is 25.8 Å². The molecule has 2 aliphatic rings. The molecule has 0 aromatic carbocycles. The molecule has 2 fully saturated rings. The lowest BCUT2D eigenvalue weighted by atomic mass is 9.85. The molecule has 2 heterocycles. The van der Waals surface area contributed by atoms with Crippen LogP contribution in [0.2, 0.25) is 0 Å². The molecule has 0 aliphatic carbocycles. The number of hydrogen-bond donors (Lipinski definition) is 2. The lowest BCUT2D eigenvalue weighted by molar-refractivity contribution is -0.0393. The minimum Gasteiger partial charge on any atom is -0.390 e. The van der Waals surface area contributed by atoms with Gasteiger partial charge in [-0.3, -0.25) is 0 Å². The quantitative estimate of drug-likeness (QED) is 0.658. The van der Waals surface area contributed by atoms with Crippen LogP contribution in [0, 0.1) is 0 Å². The van der Waals surface area contributed by atoms with Crippen molar-refractivity contribution in [1.82, 2.24) is 5.32 Å². The summed E-state index contributed by atoms with van der Waals surface area (Å²) in [5, 5.41) is 14.0. The van der Waals surface area contributed by atoms with E-state index in [2.05, 4.69) is 5.32 Å². The van der Waals surface area contributed by atoms with Crippen LogP contribution < -0.4 is 5.32 Å². The van der Waals surface area contributed by atoms with Crippen LogP contribution in [0.15, 0.2) is 0 Å². The maximum absolute atomic E-state index is 10.5. The second-order valence-corrected chi connectivity index (χ2v) is 5.13. The summed E-state index contributed by atoms with van der Waals surface area (Å²) in [5.74, 6) is 0. The SMILES string of the molecule is COCCOCCC1(O)CC2CCC(C1)N2. The number of ether oxygens (including phenoxy) is 2. The van der Waals surface area contributed by atoms with Crippen LogP contribution >= 0.6 is 0 Å². The number of aliphatic hydroxyl groups is 1. The second-order valence-electron chi connectivity index (χ2n) is 5.13. The Labute approximate surface area is 97.3 Å². The fraction of sp³-hybridized carbons (Fsp3) is 1.00. The van der Waals surface area contributed by atoms with Crippen molar-refractivity contribution in [1.29, 1.82) is 0 Å². The molecule has 0 radical (unpaired) electrons. The normalized spacial score (nSPS) is 37.9. The predicted octanol–water partition coefficient (Wildman–Crippen LogP) is 0.685. The molecule has 16 heavy (non-hydrogen) atoms. The molecule has 0 saturated carbocycles.